The van der Waals surface area contributed by atoms with Crippen LogP contribution in [0.25, 0.3) is 0 Å². The van der Waals surface area contributed by atoms with E-state index in [9.17, 15) is 10.2 Å². The highest BCUT2D eigenvalue weighted by Crippen LogP contribution is 2.61. The van der Waals surface area contributed by atoms with Gasteiger partial charge in [-0.15, -0.1) is 0 Å². The Balaban J connectivity index is 1.56. The summed E-state index contributed by atoms with van der Waals surface area (Å²) < 4.78 is 25.6. The molecule has 2 aliphatic carbocycles. The molecule has 4 bridgehead atoms. The van der Waals surface area contributed by atoms with Crippen molar-refractivity contribution < 1.29 is 29.2 Å². The molecule has 4 aliphatic rings. The summed E-state index contributed by atoms with van der Waals surface area (Å²) in [5.41, 5.74) is 1.53. The summed E-state index contributed by atoms with van der Waals surface area (Å²) in [6.45, 7) is 12.7. The Labute approximate surface area is 218 Å². The van der Waals surface area contributed by atoms with Gasteiger partial charge in [0.25, 0.3) is 0 Å². The molecular formula is C29H40O6S. The first kappa shape index (κ1) is 26.1. The van der Waals surface area contributed by atoms with Gasteiger partial charge in [-0.25, -0.2) is 0 Å². The van der Waals surface area contributed by atoms with E-state index in [4.69, 9.17) is 18.9 Å². The lowest BCUT2D eigenvalue weighted by Crippen LogP contribution is -2.56. The summed E-state index contributed by atoms with van der Waals surface area (Å²) in [7, 11) is 1.66. The quantitative estimate of drug-likeness (QED) is 0.562. The molecule has 36 heavy (non-hydrogen) atoms. The summed E-state index contributed by atoms with van der Waals surface area (Å²) in [6.07, 6.45) is 4.80. The summed E-state index contributed by atoms with van der Waals surface area (Å²) in [5, 5.41) is 26.5. The van der Waals surface area contributed by atoms with Gasteiger partial charge in [0.05, 0.1) is 31.0 Å². The van der Waals surface area contributed by atoms with Crippen molar-refractivity contribution in [1.29, 1.82) is 0 Å². The third-order valence-electron chi connectivity index (χ3n) is 9.03. The highest BCUT2D eigenvalue weighted by Gasteiger charge is 2.68. The maximum absolute atomic E-state index is 11.8. The van der Waals surface area contributed by atoms with Crippen molar-refractivity contribution in [3.05, 3.63) is 58.5 Å². The zero-order valence-corrected chi connectivity index (χ0v) is 22.7. The van der Waals surface area contributed by atoms with Crippen LogP contribution in [0.4, 0.5) is 0 Å². The molecule has 1 aromatic heterocycles. The van der Waals surface area contributed by atoms with Crippen molar-refractivity contribution in [2.24, 2.45) is 29.6 Å². The Kier molecular flexibility index (Phi) is 7.27. The molecule has 1 spiro atoms. The second-order valence-electron chi connectivity index (χ2n) is 11.2. The van der Waals surface area contributed by atoms with Crippen LogP contribution >= 0.6 is 11.3 Å². The zero-order valence-electron chi connectivity index (χ0n) is 21.9. The second-order valence-corrected chi connectivity index (χ2v) is 12.0. The zero-order chi connectivity index (χ0) is 25.8. The first-order valence-electron chi connectivity index (χ1n) is 13.1. The number of hydrogen-bond acceptors (Lipinski definition) is 7. The van der Waals surface area contributed by atoms with Crippen molar-refractivity contribution in [2.45, 2.75) is 82.9 Å². The van der Waals surface area contributed by atoms with Crippen LogP contribution in [-0.4, -0.2) is 59.5 Å². The van der Waals surface area contributed by atoms with Crippen LogP contribution in [0.3, 0.4) is 0 Å². The standard InChI is InChI=1S/C29H40O6S/c1-15-11-16(2)29-21(12-23(32-6)19(5)34-26(15)18(4)30)7-8-22-24(29)25(31)17(3)27(28(22)35-29)33-13-20-9-10-36-14-20/h7-11,14-15,17-18,21-28,30-31H,5,12-13H2,1-4,6H3/b16-11+/t15-,17-,18-,21-,22-,23+,24+,25-,26+,27-,28-,29+/m1/s1. The molecule has 3 heterocycles. The van der Waals surface area contributed by atoms with Gasteiger partial charge in [0.1, 0.15) is 23.6 Å². The molecule has 2 N–H and O–H groups in total. The Bertz CT molecular complexity index is 1000. The molecule has 7 heteroatoms. The van der Waals surface area contributed by atoms with Crippen molar-refractivity contribution in [3.63, 3.8) is 0 Å². The van der Waals surface area contributed by atoms with E-state index in [-0.39, 0.29) is 47.9 Å². The van der Waals surface area contributed by atoms with Crippen molar-refractivity contribution >= 4 is 11.3 Å². The Morgan fingerprint density at radius 3 is 2.75 bits per heavy atom. The van der Waals surface area contributed by atoms with E-state index < -0.39 is 23.9 Å². The van der Waals surface area contributed by atoms with Crippen LogP contribution in [0.2, 0.25) is 0 Å². The predicted octanol–water partition coefficient (Wildman–Crippen LogP) is 4.48. The van der Waals surface area contributed by atoms with E-state index in [2.05, 4.69) is 55.5 Å². The van der Waals surface area contributed by atoms with E-state index in [1.165, 1.54) is 0 Å². The molecule has 2 fully saturated rings. The highest BCUT2D eigenvalue weighted by molar-refractivity contribution is 7.07. The molecular weight excluding hydrogens is 476 g/mol. The molecule has 0 radical (unpaired) electrons. The van der Waals surface area contributed by atoms with E-state index in [0.29, 0.717) is 18.8 Å². The van der Waals surface area contributed by atoms with E-state index in [1.807, 2.05) is 6.92 Å². The monoisotopic (exact) mass is 516 g/mol. The second kappa shape index (κ2) is 10.0. The number of aliphatic hydroxyl groups excluding tert-OH is 2. The minimum Gasteiger partial charge on any atom is -0.489 e. The first-order valence-corrected chi connectivity index (χ1v) is 14.0. The summed E-state index contributed by atoms with van der Waals surface area (Å²) in [4.78, 5) is 0. The largest absolute Gasteiger partial charge is 0.489 e. The Morgan fingerprint density at radius 2 is 2.08 bits per heavy atom. The van der Waals surface area contributed by atoms with Gasteiger partial charge in [-0.1, -0.05) is 38.7 Å². The van der Waals surface area contributed by atoms with Crippen molar-refractivity contribution in [2.75, 3.05) is 7.11 Å². The summed E-state index contributed by atoms with van der Waals surface area (Å²) in [6, 6.07) is 2.08. The van der Waals surface area contributed by atoms with E-state index in [1.54, 1.807) is 25.4 Å². The third kappa shape index (κ3) is 4.12. The molecule has 6 nitrogen and oxygen atoms in total. The average Bonchev–Trinajstić information content (AvgIpc) is 3.42. The SMILES string of the molecule is C=C1O[C@H]([C@@H](C)O)[C@H](C)/C=C(\C)[C@]23O[C@@H]4[C@H](C=C[C@@H]2C[C@@H]1OC)[C@H]3[C@H](O)[C@@H](C)[C@H]4OCc1ccsc1. The fraction of sp³-hybridized carbons (Fsp3) is 0.655. The normalized spacial score (nSPS) is 46.4. The van der Waals surface area contributed by atoms with Crippen LogP contribution in [0.1, 0.15) is 39.7 Å². The van der Waals surface area contributed by atoms with Crippen LogP contribution in [-0.2, 0) is 25.6 Å². The fourth-order valence-electron chi connectivity index (χ4n) is 7.25. The van der Waals surface area contributed by atoms with Gasteiger partial charge in [-0.2, -0.15) is 11.3 Å². The molecule has 0 unspecified atom stereocenters. The first-order chi connectivity index (χ1) is 17.2. The third-order valence-corrected chi connectivity index (χ3v) is 9.76. The summed E-state index contributed by atoms with van der Waals surface area (Å²) in [5.74, 6) is 0.297. The van der Waals surface area contributed by atoms with Crippen molar-refractivity contribution in [1.82, 2.24) is 0 Å². The van der Waals surface area contributed by atoms with Crippen molar-refractivity contribution in [3.8, 4) is 0 Å². The number of hydrogen-bond donors (Lipinski definition) is 2. The van der Waals surface area contributed by atoms with Crippen LogP contribution in [0, 0.1) is 29.6 Å². The Hall–Kier alpha value is -1.48. The fourth-order valence-corrected chi connectivity index (χ4v) is 7.90. The number of aliphatic hydroxyl groups is 2. The molecule has 2 aliphatic heterocycles. The van der Waals surface area contributed by atoms with Gasteiger partial charge >= 0.3 is 0 Å². The maximum Gasteiger partial charge on any atom is 0.130 e. The van der Waals surface area contributed by atoms with Gasteiger partial charge in [-0.3, -0.25) is 0 Å². The maximum atomic E-state index is 11.8. The Morgan fingerprint density at radius 1 is 1.31 bits per heavy atom. The minimum atomic E-state index is -0.690. The molecule has 1 aromatic rings. The van der Waals surface area contributed by atoms with E-state index >= 15 is 0 Å². The smallest absolute Gasteiger partial charge is 0.130 e. The minimum absolute atomic E-state index is 0.0296. The molecule has 1 saturated heterocycles. The van der Waals surface area contributed by atoms with Gasteiger partial charge in [0, 0.05) is 36.7 Å². The predicted molar refractivity (Wildman–Crippen MR) is 139 cm³/mol. The lowest BCUT2D eigenvalue weighted by Gasteiger charge is -2.49. The van der Waals surface area contributed by atoms with Gasteiger partial charge < -0.3 is 29.2 Å². The van der Waals surface area contributed by atoms with Crippen LogP contribution in [0.15, 0.2) is 53.0 Å². The van der Waals surface area contributed by atoms with E-state index in [0.717, 1.165) is 11.1 Å². The highest BCUT2D eigenvalue weighted by atomic mass is 32.1. The molecule has 0 aromatic carbocycles. The number of ether oxygens (including phenoxy) is 4. The molecule has 198 valence electrons. The molecule has 5 rings (SSSR count). The van der Waals surface area contributed by atoms with Gasteiger partial charge in [0.2, 0.25) is 0 Å². The topological polar surface area (TPSA) is 77.4 Å². The lowest BCUT2D eigenvalue weighted by atomic mass is 9.57. The molecule has 1 saturated carbocycles. The van der Waals surface area contributed by atoms with Gasteiger partial charge in [0.15, 0.2) is 0 Å². The molecule has 12 atom stereocenters. The van der Waals surface area contributed by atoms with Crippen LogP contribution in [0.5, 0.6) is 0 Å². The molecule has 0 amide bonds. The summed E-state index contributed by atoms with van der Waals surface area (Å²) >= 11 is 1.66. The lowest BCUT2D eigenvalue weighted by molar-refractivity contribution is -0.132. The van der Waals surface area contributed by atoms with Gasteiger partial charge in [-0.05, 0) is 48.2 Å². The number of thiophene rings is 1. The average molecular weight is 517 g/mol. The number of methoxy groups -OCH3 is 1. The number of rotatable bonds is 5. The van der Waals surface area contributed by atoms with Crippen LogP contribution < -0.4 is 0 Å².